The second-order valence-corrected chi connectivity index (χ2v) is 5.15. The number of nitrogens with one attached hydrogen (secondary N) is 1. The van der Waals surface area contributed by atoms with E-state index in [0.29, 0.717) is 6.61 Å². The number of hydrazine groups is 1. The molecule has 0 radical (unpaired) electrons. The van der Waals surface area contributed by atoms with Gasteiger partial charge in [-0.3, -0.25) is 16.3 Å². The number of aromatic nitrogens is 1. The summed E-state index contributed by atoms with van der Waals surface area (Å²) in [6.45, 7) is 6.88. The van der Waals surface area contributed by atoms with Crippen molar-refractivity contribution in [1.82, 2.24) is 10.4 Å². The molecular weight excluding hydrogens is 250 g/mol. The number of rotatable bonds is 6. The Morgan fingerprint density at radius 1 is 1.35 bits per heavy atom. The maximum Gasteiger partial charge on any atom is 0.0858 e. The Balaban J connectivity index is 2.42. The van der Waals surface area contributed by atoms with Crippen LogP contribution in [0.1, 0.15) is 38.8 Å². The van der Waals surface area contributed by atoms with E-state index in [1.165, 1.54) is 0 Å². The topological polar surface area (TPSA) is 60.2 Å². The molecule has 4 heteroatoms. The Morgan fingerprint density at radius 2 is 2.15 bits per heavy atom. The highest BCUT2D eigenvalue weighted by Gasteiger charge is 2.33. The minimum Gasteiger partial charge on any atom is -0.374 e. The van der Waals surface area contributed by atoms with E-state index >= 15 is 0 Å². The van der Waals surface area contributed by atoms with Crippen LogP contribution in [-0.4, -0.2) is 17.2 Å². The van der Waals surface area contributed by atoms with Gasteiger partial charge in [-0.15, -0.1) is 0 Å². The summed E-state index contributed by atoms with van der Waals surface area (Å²) in [5.74, 6) is 5.80. The van der Waals surface area contributed by atoms with Gasteiger partial charge in [0.2, 0.25) is 0 Å². The molecule has 2 aromatic rings. The number of nitrogens with zero attached hydrogens (tertiary/aromatic N) is 1. The van der Waals surface area contributed by atoms with Crippen LogP contribution in [-0.2, 0) is 4.74 Å². The molecule has 0 aliphatic carbocycles. The van der Waals surface area contributed by atoms with Crippen LogP contribution < -0.4 is 11.3 Å². The maximum atomic E-state index is 5.94. The summed E-state index contributed by atoms with van der Waals surface area (Å²) < 4.78 is 5.94. The quantitative estimate of drug-likeness (QED) is 0.627. The Bertz CT molecular complexity index is 572. The second-order valence-electron chi connectivity index (χ2n) is 5.15. The normalized spacial score (nSPS) is 16.0. The largest absolute Gasteiger partial charge is 0.374 e. The molecule has 0 bridgehead atoms. The summed E-state index contributed by atoms with van der Waals surface area (Å²) >= 11 is 0. The van der Waals surface area contributed by atoms with Crippen molar-refractivity contribution in [3.05, 3.63) is 42.1 Å². The number of ether oxygens (including phenoxy) is 1. The molecule has 2 rings (SSSR count). The Kier molecular flexibility index (Phi) is 4.70. The SMILES string of the molecule is CCOC(C)(CC)C(NN)c1ccc2ncccc2c1. The van der Waals surface area contributed by atoms with Gasteiger partial charge in [0.15, 0.2) is 0 Å². The molecule has 0 aliphatic heterocycles. The molecule has 2 unspecified atom stereocenters. The van der Waals surface area contributed by atoms with Crippen LogP contribution in [0.3, 0.4) is 0 Å². The molecule has 0 saturated heterocycles. The van der Waals surface area contributed by atoms with Crippen LogP contribution >= 0.6 is 0 Å². The second kappa shape index (κ2) is 6.31. The minimum absolute atomic E-state index is 0.0583. The fourth-order valence-corrected chi connectivity index (χ4v) is 2.62. The Hall–Kier alpha value is -1.49. The zero-order valence-electron chi connectivity index (χ0n) is 12.4. The number of benzene rings is 1. The number of nitrogens with two attached hydrogens (primary N) is 1. The third-order valence-corrected chi connectivity index (χ3v) is 3.91. The van der Waals surface area contributed by atoms with Crippen molar-refractivity contribution in [1.29, 1.82) is 0 Å². The molecule has 108 valence electrons. The number of fused-ring (bicyclic) bond motifs is 1. The third-order valence-electron chi connectivity index (χ3n) is 3.91. The van der Waals surface area contributed by atoms with Gasteiger partial charge in [-0.25, -0.2) is 0 Å². The van der Waals surface area contributed by atoms with Crippen molar-refractivity contribution >= 4 is 10.9 Å². The molecule has 1 aromatic carbocycles. The van der Waals surface area contributed by atoms with Crippen LogP contribution in [0.5, 0.6) is 0 Å². The van der Waals surface area contributed by atoms with Crippen molar-refractivity contribution in [2.75, 3.05) is 6.61 Å². The molecule has 0 fully saturated rings. The van der Waals surface area contributed by atoms with Crippen LogP contribution in [0.4, 0.5) is 0 Å². The fraction of sp³-hybridized carbons (Fsp3) is 0.438. The monoisotopic (exact) mass is 273 g/mol. The van der Waals surface area contributed by atoms with E-state index < -0.39 is 0 Å². The van der Waals surface area contributed by atoms with Gasteiger partial charge in [-0.1, -0.05) is 19.1 Å². The summed E-state index contributed by atoms with van der Waals surface area (Å²) in [6, 6.07) is 10.2. The fourth-order valence-electron chi connectivity index (χ4n) is 2.62. The molecule has 0 spiro atoms. The van der Waals surface area contributed by atoms with Crippen molar-refractivity contribution in [3.8, 4) is 0 Å². The predicted molar refractivity (Wildman–Crippen MR) is 82.1 cm³/mol. The first-order valence-electron chi connectivity index (χ1n) is 7.09. The molecule has 3 N–H and O–H groups in total. The summed E-state index contributed by atoms with van der Waals surface area (Å²) in [5, 5.41) is 1.11. The first-order chi connectivity index (χ1) is 9.64. The van der Waals surface area contributed by atoms with Crippen molar-refractivity contribution < 1.29 is 4.74 Å². The lowest BCUT2D eigenvalue weighted by molar-refractivity contribution is -0.0563. The Morgan fingerprint density at radius 3 is 2.80 bits per heavy atom. The van der Waals surface area contributed by atoms with Gasteiger partial charge in [0.1, 0.15) is 0 Å². The third kappa shape index (κ3) is 2.82. The summed E-state index contributed by atoms with van der Waals surface area (Å²) in [6.07, 6.45) is 2.68. The average molecular weight is 273 g/mol. The van der Waals surface area contributed by atoms with E-state index in [9.17, 15) is 0 Å². The highest BCUT2D eigenvalue weighted by atomic mass is 16.5. The van der Waals surface area contributed by atoms with E-state index in [4.69, 9.17) is 10.6 Å². The van der Waals surface area contributed by atoms with Gasteiger partial charge >= 0.3 is 0 Å². The zero-order chi connectivity index (χ0) is 14.6. The van der Waals surface area contributed by atoms with Crippen LogP contribution in [0, 0.1) is 0 Å². The molecular formula is C16H23N3O. The number of hydrogen-bond donors (Lipinski definition) is 2. The van der Waals surface area contributed by atoms with Crippen LogP contribution in [0.2, 0.25) is 0 Å². The van der Waals surface area contributed by atoms with Gasteiger partial charge in [0, 0.05) is 18.2 Å². The van der Waals surface area contributed by atoms with Crippen molar-refractivity contribution in [3.63, 3.8) is 0 Å². The highest BCUT2D eigenvalue weighted by Crippen LogP contribution is 2.32. The summed E-state index contributed by atoms with van der Waals surface area (Å²) in [7, 11) is 0. The molecule has 0 amide bonds. The van der Waals surface area contributed by atoms with E-state index in [0.717, 1.165) is 22.9 Å². The van der Waals surface area contributed by atoms with Crippen molar-refractivity contribution in [2.24, 2.45) is 5.84 Å². The predicted octanol–water partition coefficient (Wildman–Crippen LogP) is 2.94. The first kappa shape index (κ1) is 14.9. The molecule has 20 heavy (non-hydrogen) atoms. The molecule has 2 atom stereocenters. The van der Waals surface area contributed by atoms with Crippen LogP contribution in [0.15, 0.2) is 36.5 Å². The number of pyridine rings is 1. The summed E-state index contributed by atoms with van der Waals surface area (Å²) in [4.78, 5) is 4.34. The minimum atomic E-state index is -0.334. The molecule has 0 aliphatic rings. The van der Waals surface area contributed by atoms with Gasteiger partial charge in [0.05, 0.1) is 17.2 Å². The van der Waals surface area contributed by atoms with Gasteiger partial charge in [-0.05, 0) is 44.0 Å². The standard InChI is InChI=1S/C16H23N3O/c1-4-16(3,20-5-2)15(19-17)13-8-9-14-12(11-13)7-6-10-18-14/h6-11,15,19H,4-5,17H2,1-3H3. The first-order valence-corrected chi connectivity index (χ1v) is 7.09. The van der Waals surface area contributed by atoms with Gasteiger partial charge in [-0.2, -0.15) is 0 Å². The smallest absolute Gasteiger partial charge is 0.0858 e. The van der Waals surface area contributed by atoms with Crippen LogP contribution in [0.25, 0.3) is 10.9 Å². The zero-order valence-corrected chi connectivity index (χ0v) is 12.4. The molecule has 0 saturated carbocycles. The van der Waals surface area contributed by atoms with E-state index in [-0.39, 0.29) is 11.6 Å². The van der Waals surface area contributed by atoms with E-state index in [1.54, 1.807) is 6.20 Å². The van der Waals surface area contributed by atoms with Gasteiger partial charge in [0.25, 0.3) is 0 Å². The Labute approximate surface area is 120 Å². The van der Waals surface area contributed by atoms with E-state index in [1.807, 2.05) is 19.1 Å². The molecule has 1 aromatic heterocycles. The lowest BCUT2D eigenvalue weighted by atomic mass is 9.87. The van der Waals surface area contributed by atoms with E-state index in [2.05, 4.69) is 42.5 Å². The lowest BCUT2D eigenvalue weighted by Crippen LogP contribution is -2.46. The summed E-state index contributed by atoms with van der Waals surface area (Å²) in [5.41, 5.74) is 4.68. The molecule has 4 nitrogen and oxygen atoms in total. The highest BCUT2D eigenvalue weighted by molar-refractivity contribution is 5.79. The van der Waals surface area contributed by atoms with Gasteiger partial charge < -0.3 is 4.74 Å². The lowest BCUT2D eigenvalue weighted by Gasteiger charge is -2.36. The average Bonchev–Trinajstić information content (AvgIpc) is 2.48. The van der Waals surface area contributed by atoms with Crippen molar-refractivity contribution in [2.45, 2.75) is 38.8 Å². The molecule has 1 heterocycles. The maximum absolute atomic E-state index is 5.94. The number of hydrogen-bond acceptors (Lipinski definition) is 4.